The van der Waals surface area contributed by atoms with Crippen LogP contribution in [0.2, 0.25) is 0 Å². The molecule has 0 aliphatic carbocycles. The zero-order chi connectivity index (χ0) is 9.31. The highest BCUT2D eigenvalue weighted by Crippen LogP contribution is 2.38. The lowest BCUT2D eigenvalue weighted by molar-refractivity contribution is 0.0408. The van der Waals surface area contributed by atoms with Crippen molar-refractivity contribution in [1.82, 2.24) is 4.90 Å². The Morgan fingerprint density at radius 1 is 1.62 bits per heavy atom. The Bertz CT molecular complexity index is 186. The first-order chi connectivity index (χ1) is 6.27. The molecule has 0 spiro atoms. The lowest BCUT2D eigenvalue weighted by Crippen LogP contribution is -2.42. The highest BCUT2D eigenvalue weighted by Gasteiger charge is 2.47. The van der Waals surface area contributed by atoms with Gasteiger partial charge < -0.3 is 9.84 Å². The topological polar surface area (TPSA) is 32.7 Å². The summed E-state index contributed by atoms with van der Waals surface area (Å²) in [5.74, 6) is 0. The summed E-state index contributed by atoms with van der Waals surface area (Å²) in [6.07, 6.45) is 3.25. The molecule has 2 fully saturated rings. The van der Waals surface area contributed by atoms with E-state index in [-0.39, 0.29) is 11.6 Å². The number of ether oxygens (including phenoxy) is 1. The Hall–Kier alpha value is -0.120. The van der Waals surface area contributed by atoms with Gasteiger partial charge in [0.15, 0.2) is 0 Å². The summed E-state index contributed by atoms with van der Waals surface area (Å²) >= 11 is 0. The fourth-order valence-corrected chi connectivity index (χ4v) is 2.78. The van der Waals surface area contributed by atoms with E-state index in [4.69, 9.17) is 4.74 Å². The van der Waals surface area contributed by atoms with Gasteiger partial charge in [0.05, 0.1) is 12.7 Å². The number of aliphatic hydroxyl groups excluding tert-OH is 1. The van der Waals surface area contributed by atoms with Crippen molar-refractivity contribution >= 4 is 0 Å². The lowest BCUT2D eigenvalue weighted by atomic mass is 9.94. The Labute approximate surface area is 79.7 Å². The molecule has 0 amide bonds. The monoisotopic (exact) mass is 185 g/mol. The predicted octanol–water partition coefficient (Wildman–Crippen LogP) is 0.622. The van der Waals surface area contributed by atoms with E-state index in [1.807, 2.05) is 6.92 Å². The maximum atomic E-state index is 9.60. The number of hydrogen-bond acceptors (Lipinski definition) is 3. The van der Waals surface area contributed by atoms with Gasteiger partial charge in [-0.3, -0.25) is 4.90 Å². The molecule has 2 aliphatic heterocycles. The minimum absolute atomic E-state index is 0.124. The van der Waals surface area contributed by atoms with Gasteiger partial charge in [-0.15, -0.1) is 0 Å². The van der Waals surface area contributed by atoms with Crippen molar-refractivity contribution < 1.29 is 9.84 Å². The number of nitrogens with zero attached hydrogens (tertiary/aromatic N) is 1. The molecule has 2 atom stereocenters. The molecule has 3 nitrogen and oxygen atoms in total. The first-order valence-corrected chi connectivity index (χ1v) is 5.28. The summed E-state index contributed by atoms with van der Waals surface area (Å²) in [5.41, 5.74) is 0.190. The van der Waals surface area contributed by atoms with E-state index in [2.05, 4.69) is 4.90 Å². The van der Waals surface area contributed by atoms with Gasteiger partial charge in [0.25, 0.3) is 0 Å². The first kappa shape index (κ1) is 9.44. The van der Waals surface area contributed by atoms with Crippen molar-refractivity contribution in [3.8, 4) is 0 Å². The fraction of sp³-hybridized carbons (Fsp3) is 1.00. The molecule has 3 heteroatoms. The number of hydrogen-bond donors (Lipinski definition) is 1. The summed E-state index contributed by atoms with van der Waals surface area (Å²) in [6, 6.07) is 0. The molecule has 0 aromatic heterocycles. The van der Waals surface area contributed by atoms with Gasteiger partial charge >= 0.3 is 0 Å². The van der Waals surface area contributed by atoms with Crippen molar-refractivity contribution in [2.24, 2.45) is 0 Å². The van der Waals surface area contributed by atoms with Crippen LogP contribution in [-0.2, 0) is 4.74 Å². The quantitative estimate of drug-likeness (QED) is 0.699. The Kier molecular flexibility index (Phi) is 2.58. The van der Waals surface area contributed by atoms with Crippen LogP contribution in [0.3, 0.4) is 0 Å². The molecule has 1 unspecified atom stereocenters. The van der Waals surface area contributed by atoms with Crippen molar-refractivity contribution in [3.63, 3.8) is 0 Å². The Balaban J connectivity index is 2.00. The third-order valence-electron chi connectivity index (χ3n) is 3.36. The molecule has 0 bridgehead atoms. The van der Waals surface area contributed by atoms with E-state index in [9.17, 15) is 5.11 Å². The van der Waals surface area contributed by atoms with Crippen LogP contribution in [0.4, 0.5) is 0 Å². The molecule has 0 radical (unpaired) electrons. The molecule has 0 aromatic carbocycles. The summed E-state index contributed by atoms with van der Waals surface area (Å²) < 4.78 is 5.52. The first-order valence-electron chi connectivity index (χ1n) is 5.28. The van der Waals surface area contributed by atoms with Crippen LogP contribution in [0.1, 0.15) is 26.2 Å². The zero-order valence-corrected chi connectivity index (χ0v) is 8.33. The van der Waals surface area contributed by atoms with E-state index in [0.717, 1.165) is 32.7 Å². The molecule has 0 aromatic rings. The fourth-order valence-electron chi connectivity index (χ4n) is 2.78. The Morgan fingerprint density at radius 2 is 2.46 bits per heavy atom. The second kappa shape index (κ2) is 3.56. The smallest absolute Gasteiger partial charge is 0.0685 e. The number of rotatable bonds is 3. The molecule has 2 aliphatic rings. The van der Waals surface area contributed by atoms with Crippen molar-refractivity contribution in [2.75, 3.05) is 26.3 Å². The van der Waals surface area contributed by atoms with Crippen LogP contribution in [0.5, 0.6) is 0 Å². The molecule has 1 N–H and O–H groups in total. The predicted molar refractivity (Wildman–Crippen MR) is 50.7 cm³/mol. The van der Waals surface area contributed by atoms with Gasteiger partial charge in [0.2, 0.25) is 0 Å². The van der Waals surface area contributed by atoms with Gasteiger partial charge in [0, 0.05) is 18.7 Å². The standard InChI is InChI=1S/C10H19NO2/c1-2-13-8-10-4-3-5-11(10)7-9(12)6-10/h9,12H,2-8H2,1H3/t9-,10?/m0/s1. The van der Waals surface area contributed by atoms with Crippen molar-refractivity contribution in [2.45, 2.75) is 37.8 Å². The van der Waals surface area contributed by atoms with Gasteiger partial charge in [-0.2, -0.15) is 0 Å². The van der Waals surface area contributed by atoms with Gasteiger partial charge in [0.1, 0.15) is 0 Å². The normalized spacial score (nSPS) is 39.7. The summed E-state index contributed by atoms with van der Waals surface area (Å²) in [7, 11) is 0. The number of aliphatic hydroxyl groups is 1. The minimum Gasteiger partial charge on any atom is -0.392 e. The second-order valence-corrected chi connectivity index (χ2v) is 4.27. The summed E-state index contributed by atoms with van der Waals surface area (Å²) in [5, 5.41) is 9.60. The summed E-state index contributed by atoms with van der Waals surface area (Å²) in [6.45, 7) is 5.62. The third-order valence-corrected chi connectivity index (χ3v) is 3.36. The van der Waals surface area contributed by atoms with E-state index >= 15 is 0 Å². The van der Waals surface area contributed by atoms with Crippen LogP contribution >= 0.6 is 0 Å². The molecule has 0 saturated carbocycles. The van der Waals surface area contributed by atoms with Crippen LogP contribution < -0.4 is 0 Å². The van der Waals surface area contributed by atoms with Crippen LogP contribution in [0.25, 0.3) is 0 Å². The molecule has 2 rings (SSSR count). The summed E-state index contributed by atoms with van der Waals surface area (Å²) in [4.78, 5) is 2.41. The minimum atomic E-state index is -0.124. The largest absolute Gasteiger partial charge is 0.392 e. The van der Waals surface area contributed by atoms with E-state index in [1.54, 1.807) is 0 Å². The molecular weight excluding hydrogens is 166 g/mol. The van der Waals surface area contributed by atoms with E-state index < -0.39 is 0 Å². The lowest BCUT2D eigenvalue weighted by Gasteiger charge is -2.31. The molecule has 13 heavy (non-hydrogen) atoms. The number of β-amino-alcohol motifs (C(OH)–C–C–N with tert-alkyl or cyclic N) is 1. The molecule has 2 saturated heterocycles. The SMILES string of the molecule is CCOCC12CCCN1C[C@@H](O)C2. The van der Waals surface area contributed by atoms with E-state index in [0.29, 0.717) is 0 Å². The van der Waals surface area contributed by atoms with Crippen molar-refractivity contribution in [1.29, 1.82) is 0 Å². The van der Waals surface area contributed by atoms with Gasteiger partial charge in [-0.25, -0.2) is 0 Å². The molecule has 2 heterocycles. The van der Waals surface area contributed by atoms with Crippen LogP contribution in [-0.4, -0.2) is 48.0 Å². The average Bonchev–Trinajstić information content (AvgIpc) is 2.57. The highest BCUT2D eigenvalue weighted by atomic mass is 16.5. The van der Waals surface area contributed by atoms with Gasteiger partial charge in [-0.05, 0) is 32.7 Å². The van der Waals surface area contributed by atoms with Crippen LogP contribution in [0.15, 0.2) is 0 Å². The molecule has 76 valence electrons. The average molecular weight is 185 g/mol. The van der Waals surface area contributed by atoms with Gasteiger partial charge in [-0.1, -0.05) is 0 Å². The third kappa shape index (κ3) is 1.60. The van der Waals surface area contributed by atoms with E-state index in [1.165, 1.54) is 12.8 Å². The maximum absolute atomic E-state index is 9.60. The Morgan fingerprint density at radius 3 is 3.23 bits per heavy atom. The van der Waals surface area contributed by atoms with Crippen molar-refractivity contribution in [3.05, 3.63) is 0 Å². The van der Waals surface area contributed by atoms with Crippen LogP contribution in [0, 0.1) is 0 Å². The highest BCUT2D eigenvalue weighted by molar-refractivity contribution is 5.03. The maximum Gasteiger partial charge on any atom is 0.0685 e. The zero-order valence-electron chi connectivity index (χ0n) is 8.33. The second-order valence-electron chi connectivity index (χ2n) is 4.27. The molecular formula is C10H19NO2. The number of fused-ring (bicyclic) bond motifs is 1.